The summed E-state index contributed by atoms with van der Waals surface area (Å²) in [6.45, 7) is 2.02. The van der Waals surface area contributed by atoms with Crippen LogP contribution in [0, 0.1) is 0 Å². The first-order chi connectivity index (χ1) is 21.3. The molecule has 3 aliphatic rings. The Balaban J connectivity index is 1.11. The van der Waals surface area contributed by atoms with Crippen LogP contribution in [0.2, 0.25) is 10.0 Å². The Kier molecular flexibility index (Phi) is 7.79. The average Bonchev–Trinajstić information content (AvgIpc) is 3.51. The molecule has 0 spiro atoms. The molecule has 4 atom stereocenters. The van der Waals surface area contributed by atoms with Gasteiger partial charge in [0.1, 0.15) is 16.6 Å². The van der Waals surface area contributed by atoms with Crippen LogP contribution in [0.1, 0.15) is 34.3 Å². The van der Waals surface area contributed by atoms with Crippen LogP contribution in [-0.2, 0) is 16.1 Å². The second-order valence-corrected chi connectivity index (χ2v) is 12.9. The van der Waals surface area contributed by atoms with Crippen LogP contribution >= 0.6 is 46.4 Å². The van der Waals surface area contributed by atoms with Crippen molar-refractivity contribution in [3.63, 3.8) is 0 Å². The maximum atomic E-state index is 12.9. The minimum absolute atomic E-state index is 0.124. The van der Waals surface area contributed by atoms with Gasteiger partial charge in [0.25, 0.3) is 0 Å². The third-order valence-electron chi connectivity index (χ3n) is 8.36. The molecule has 0 aromatic heterocycles. The van der Waals surface area contributed by atoms with Gasteiger partial charge in [0, 0.05) is 40.1 Å². The second kappa shape index (κ2) is 11.8. The van der Waals surface area contributed by atoms with Crippen molar-refractivity contribution < 1.29 is 9.59 Å². The molecule has 0 aliphatic carbocycles. The quantitative estimate of drug-likeness (QED) is 0.151. The van der Waals surface area contributed by atoms with E-state index in [0.717, 1.165) is 46.0 Å². The standard InChI is InChI=1S/C34H26Cl4N4O2/c35-24-11-7-21(8-12-24)30-28(37)33(43)41(30)26-5-1-3-20(17-26)19-40-16-15-39-32(40)23-4-2-6-27(18-23)42-31(29(38)34(42)44)22-9-13-25(36)14-10-22/h1-14,17-18,28-31H,15-16,19H2. The van der Waals surface area contributed by atoms with E-state index in [1.54, 1.807) is 9.80 Å². The number of alkyl halides is 2. The van der Waals surface area contributed by atoms with Gasteiger partial charge in [-0.15, -0.1) is 23.2 Å². The van der Waals surface area contributed by atoms with Crippen molar-refractivity contribution in [3.8, 4) is 0 Å². The van der Waals surface area contributed by atoms with Crippen LogP contribution in [0.3, 0.4) is 0 Å². The van der Waals surface area contributed by atoms with Gasteiger partial charge in [-0.3, -0.25) is 14.6 Å². The number of amides is 2. The predicted molar refractivity (Wildman–Crippen MR) is 177 cm³/mol. The summed E-state index contributed by atoms with van der Waals surface area (Å²) in [5.74, 6) is 0.596. The Hall–Kier alpha value is -3.55. The lowest BCUT2D eigenvalue weighted by atomic mass is 9.92. The van der Waals surface area contributed by atoms with E-state index in [1.165, 1.54) is 0 Å². The van der Waals surface area contributed by atoms with Gasteiger partial charge in [-0.25, -0.2) is 0 Å². The van der Waals surface area contributed by atoms with Gasteiger partial charge < -0.3 is 14.7 Å². The zero-order valence-corrected chi connectivity index (χ0v) is 26.3. The van der Waals surface area contributed by atoms with Crippen molar-refractivity contribution in [1.82, 2.24) is 4.90 Å². The number of β-lactam (4-membered cyclic amide) rings is 2. The molecular formula is C34H26Cl4N4O2. The van der Waals surface area contributed by atoms with E-state index >= 15 is 0 Å². The molecule has 2 amide bonds. The summed E-state index contributed by atoms with van der Waals surface area (Å²) in [5.41, 5.74) is 5.39. The SMILES string of the molecule is O=C1C(Cl)C(c2ccc(Cl)cc2)N1c1cccc(CN2CCN=C2c2cccc(N3C(=O)C(Cl)C3c3ccc(Cl)cc3)c2)c1. The van der Waals surface area contributed by atoms with E-state index in [4.69, 9.17) is 51.4 Å². The van der Waals surface area contributed by atoms with Crippen molar-refractivity contribution in [2.75, 3.05) is 22.9 Å². The first-order valence-corrected chi connectivity index (χ1v) is 15.9. The fraction of sp³-hybridized carbons (Fsp3) is 0.206. The number of carbonyl (C=O) groups excluding carboxylic acids is 2. The maximum Gasteiger partial charge on any atom is 0.248 e. The first kappa shape index (κ1) is 29.2. The highest BCUT2D eigenvalue weighted by Gasteiger charge is 2.49. The smallest absolute Gasteiger partial charge is 0.248 e. The molecule has 2 fully saturated rings. The molecule has 0 radical (unpaired) electrons. The van der Waals surface area contributed by atoms with Crippen molar-refractivity contribution in [2.24, 2.45) is 4.99 Å². The minimum Gasteiger partial charge on any atom is -0.350 e. The number of hydrogen-bond acceptors (Lipinski definition) is 4. The summed E-state index contributed by atoms with van der Waals surface area (Å²) < 4.78 is 0. The third kappa shape index (κ3) is 5.14. The first-order valence-electron chi connectivity index (χ1n) is 14.2. The molecule has 222 valence electrons. The van der Waals surface area contributed by atoms with Crippen LogP contribution in [-0.4, -0.2) is 46.4 Å². The number of rotatable bonds is 7. The number of amidine groups is 1. The molecule has 6 nitrogen and oxygen atoms in total. The van der Waals surface area contributed by atoms with E-state index in [-0.39, 0.29) is 23.9 Å². The summed E-state index contributed by atoms with van der Waals surface area (Å²) in [6, 6.07) is 30.1. The molecule has 0 bridgehead atoms. The zero-order valence-electron chi connectivity index (χ0n) is 23.3. The minimum atomic E-state index is -0.640. The lowest BCUT2D eigenvalue weighted by Crippen LogP contribution is -2.56. The maximum absolute atomic E-state index is 12.9. The molecule has 3 aliphatic heterocycles. The second-order valence-electron chi connectivity index (χ2n) is 11.1. The van der Waals surface area contributed by atoms with Crippen LogP contribution in [0.5, 0.6) is 0 Å². The van der Waals surface area contributed by atoms with Crippen molar-refractivity contribution >= 4 is 75.4 Å². The van der Waals surface area contributed by atoms with E-state index < -0.39 is 10.8 Å². The number of hydrogen-bond donors (Lipinski definition) is 0. The van der Waals surface area contributed by atoms with Crippen LogP contribution in [0.4, 0.5) is 11.4 Å². The Morgan fingerprint density at radius 1 is 0.682 bits per heavy atom. The van der Waals surface area contributed by atoms with Gasteiger partial charge in [-0.2, -0.15) is 0 Å². The van der Waals surface area contributed by atoms with E-state index in [0.29, 0.717) is 23.1 Å². The molecule has 4 aromatic carbocycles. The third-order valence-corrected chi connectivity index (χ3v) is 9.71. The molecule has 2 saturated heterocycles. The summed E-state index contributed by atoms with van der Waals surface area (Å²) in [5, 5.41) is -0.00557. The highest BCUT2D eigenvalue weighted by Crippen LogP contribution is 2.44. The van der Waals surface area contributed by atoms with Crippen molar-refractivity contribution in [3.05, 3.63) is 129 Å². The lowest BCUT2D eigenvalue weighted by molar-refractivity contribution is -0.124. The highest BCUT2D eigenvalue weighted by molar-refractivity contribution is 6.38. The average molecular weight is 664 g/mol. The molecule has 3 heterocycles. The normalized spacial score (nSPS) is 23.0. The van der Waals surface area contributed by atoms with Gasteiger partial charge >= 0.3 is 0 Å². The van der Waals surface area contributed by atoms with Crippen LogP contribution in [0.15, 0.2) is 102 Å². The fourth-order valence-electron chi connectivity index (χ4n) is 6.17. The summed E-state index contributed by atoms with van der Waals surface area (Å²) in [7, 11) is 0. The Morgan fingerprint density at radius 3 is 1.77 bits per heavy atom. The van der Waals surface area contributed by atoms with Crippen molar-refractivity contribution in [2.45, 2.75) is 29.4 Å². The van der Waals surface area contributed by atoms with Gasteiger partial charge in [-0.05, 0) is 65.2 Å². The Bertz CT molecular complexity index is 1780. The highest BCUT2D eigenvalue weighted by atomic mass is 35.5. The Morgan fingerprint density at radius 2 is 1.20 bits per heavy atom. The van der Waals surface area contributed by atoms with E-state index in [1.807, 2.05) is 97.1 Å². The molecule has 0 saturated carbocycles. The number of halogens is 4. The largest absolute Gasteiger partial charge is 0.350 e. The van der Waals surface area contributed by atoms with Gasteiger partial charge in [0.05, 0.1) is 18.6 Å². The number of nitrogens with zero attached hydrogens (tertiary/aromatic N) is 4. The number of carbonyl (C=O) groups is 2. The number of anilines is 2. The van der Waals surface area contributed by atoms with Gasteiger partial charge in [0.15, 0.2) is 0 Å². The number of benzene rings is 4. The lowest BCUT2D eigenvalue weighted by Gasteiger charge is -2.44. The molecule has 10 heteroatoms. The van der Waals surface area contributed by atoms with Gasteiger partial charge in [0.2, 0.25) is 11.8 Å². The molecular weight excluding hydrogens is 638 g/mol. The number of aliphatic imine (C=N–C) groups is 1. The van der Waals surface area contributed by atoms with Gasteiger partial charge in [-0.1, -0.05) is 71.7 Å². The molecule has 4 unspecified atom stereocenters. The molecule has 4 aromatic rings. The van der Waals surface area contributed by atoms with Crippen LogP contribution < -0.4 is 9.80 Å². The van der Waals surface area contributed by atoms with E-state index in [2.05, 4.69) is 4.90 Å². The van der Waals surface area contributed by atoms with Crippen LogP contribution in [0.25, 0.3) is 0 Å². The summed E-state index contributed by atoms with van der Waals surface area (Å²) in [4.78, 5) is 36.3. The monoisotopic (exact) mass is 662 g/mol. The fourth-order valence-corrected chi connectivity index (χ4v) is 7.15. The predicted octanol–water partition coefficient (Wildman–Crippen LogP) is 7.65. The molecule has 0 N–H and O–H groups in total. The van der Waals surface area contributed by atoms with E-state index in [9.17, 15) is 9.59 Å². The molecule has 44 heavy (non-hydrogen) atoms. The Labute approximate surface area is 275 Å². The summed E-state index contributed by atoms with van der Waals surface area (Å²) >= 11 is 25.1. The summed E-state index contributed by atoms with van der Waals surface area (Å²) in [6.07, 6.45) is 0. The van der Waals surface area contributed by atoms with Crippen molar-refractivity contribution in [1.29, 1.82) is 0 Å². The topological polar surface area (TPSA) is 56.2 Å². The molecule has 7 rings (SSSR count). The zero-order chi connectivity index (χ0) is 30.5.